The first kappa shape index (κ1) is 10.4. The van der Waals surface area contributed by atoms with Crippen LogP contribution in [0.3, 0.4) is 0 Å². The van der Waals surface area contributed by atoms with Gasteiger partial charge in [0, 0.05) is 6.42 Å². The van der Waals surface area contributed by atoms with E-state index in [0.29, 0.717) is 6.42 Å². The lowest BCUT2D eigenvalue weighted by atomic mass is 10.1. The standard InChI is InChI=1S/C11H11N3O2/c15-11(16)5-4-9-2-1-3-10(6-9)14-8-12-7-13-14/h1-3,6-8H,4-5H2,(H,15,16). The molecule has 16 heavy (non-hydrogen) atoms. The van der Waals surface area contributed by atoms with Crippen molar-refractivity contribution in [2.45, 2.75) is 12.8 Å². The van der Waals surface area contributed by atoms with Crippen molar-refractivity contribution in [2.75, 3.05) is 0 Å². The van der Waals surface area contributed by atoms with Crippen LogP contribution in [-0.4, -0.2) is 25.8 Å². The third-order valence-corrected chi connectivity index (χ3v) is 2.22. The second-order valence-corrected chi connectivity index (χ2v) is 3.40. The highest BCUT2D eigenvalue weighted by Crippen LogP contribution is 2.10. The van der Waals surface area contributed by atoms with Crippen LogP contribution < -0.4 is 0 Å². The van der Waals surface area contributed by atoms with Crippen molar-refractivity contribution < 1.29 is 9.90 Å². The van der Waals surface area contributed by atoms with Crippen LogP contribution in [0.15, 0.2) is 36.9 Å². The summed E-state index contributed by atoms with van der Waals surface area (Å²) < 4.78 is 1.64. The Balaban J connectivity index is 2.17. The van der Waals surface area contributed by atoms with Crippen molar-refractivity contribution in [1.82, 2.24) is 14.8 Å². The molecule has 0 unspecified atom stereocenters. The van der Waals surface area contributed by atoms with Crippen molar-refractivity contribution in [3.8, 4) is 5.69 Å². The van der Waals surface area contributed by atoms with Gasteiger partial charge in [0.25, 0.3) is 0 Å². The fourth-order valence-electron chi connectivity index (χ4n) is 1.45. The number of hydrogen-bond acceptors (Lipinski definition) is 3. The summed E-state index contributed by atoms with van der Waals surface area (Å²) in [6.07, 6.45) is 3.74. The average molecular weight is 217 g/mol. The first-order valence-corrected chi connectivity index (χ1v) is 4.91. The van der Waals surface area contributed by atoms with Gasteiger partial charge in [-0.05, 0) is 24.1 Å². The molecule has 0 spiro atoms. The molecule has 0 aliphatic rings. The molecular weight excluding hydrogens is 206 g/mol. The van der Waals surface area contributed by atoms with E-state index < -0.39 is 5.97 Å². The second kappa shape index (κ2) is 4.57. The largest absolute Gasteiger partial charge is 0.481 e. The van der Waals surface area contributed by atoms with Gasteiger partial charge in [0.1, 0.15) is 12.7 Å². The van der Waals surface area contributed by atoms with Crippen molar-refractivity contribution >= 4 is 5.97 Å². The summed E-state index contributed by atoms with van der Waals surface area (Å²) in [7, 11) is 0. The van der Waals surface area contributed by atoms with Gasteiger partial charge in [0.15, 0.2) is 0 Å². The van der Waals surface area contributed by atoms with Gasteiger partial charge >= 0.3 is 5.97 Å². The fourth-order valence-corrected chi connectivity index (χ4v) is 1.45. The summed E-state index contributed by atoms with van der Waals surface area (Å²) in [6, 6.07) is 7.61. The highest BCUT2D eigenvalue weighted by molar-refractivity contribution is 5.67. The van der Waals surface area contributed by atoms with Crippen LogP contribution in [0, 0.1) is 0 Å². The van der Waals surface area contributed by atoms with Crippen LogP contribution in [0.2, 0.25) is 0 Å². The maximum atomic E-state index is 10.5. The summed E-state index contributed by atoms with van der Waals surface area (Å²) in [6.45, 7) is 0. The monoisotopic (exact) mass is 217 g/mol. The summed E-state index contributed by atoms with van der Waals surface area (Å²) in [4.78, 5) is 14.3. The molecule has 1 N–H and O–H groups in total. The number of aryl methyl sites for hydroxylation is 1. The van der Waals surface area contributed by atoms with Crippen LogP contribution in [-0.2, 0) is 11.2 Å². The molecule has 0 saturated carbocycles. The van der Waals surface area contributed by atoms with Gasteiger partial charge in [0.2, 0.25) is 0 Å². The van der Waals surface area contributed by atoms with Crippen LogP contribution in [0.1, 0.15) is 12.0 Å². The Morgan fingerprint density at radius 3 is 3.00 bits per heavy atom. The molecule has 1 heterocycles. The average Bonchev–Trinajstić information content (AvgIpc) is 2.80. The van der Waals surface area contributed by atoms with E-state index in [0.717, 1.165) is 11.3 Å². The second-order valence-electron chi connectivity index (χ2n) is 3.40. The lowest BCUT2D eigenvalue weighted by Gasteiger charge is -2.03. The van der Waals surface area contributed by atoms with E-state index in [1.807, 2.05) is 24.3 Å². The predicted octanol–water partition coefficient (Wildman–Crippen LogP) is 1.28. The fraction of sp³-hybridized carbons (Fsp3) is 0.182. The Morgan fingerprint density at radius 1 is 1.44 bits per heavy atom. The highest BCUT2D eigenvalue weighted by Gasteiger charge is 2.01. The molecule has 0 aliphatic heterocycles. The Morgan fingerprint density at radius 2 is 2.31 bits per heavy atom. The molecule has 5 nitrogen and oxygen atoms in total. The number of hydrogen-bond donors (Lipinski definition) is 1. The number of benzene rings is 1. The molecule has 1 aromatic heterocycles. The Hall–Kier alpha value is -2.17. The normalized spacial score (nSPS) is 10.2. The number of rotatable bonds is 4. The Kier molecular flexibility index (Phi) is 2.95. The summed E-state index contributed by atoms with van der Waals surface area (Å²) in [5, 5.41) is 12.6. The van der Waals surface area contributed by atoms with Crippen molar-refractivity contribution in [3.05, 3.63) is 42.5 Å². The number of carboxylic acid groups (broad SMARTS) is 1. The minimum absolute atomic E-state index is 0.140. The Labute approximate surface area is 92.4 Å². The molecule has 5 heteroatoms. The first-order valence-electron chi connectivity index (χ1n) is 4.91. The van der Waals surface area contributed by atoms with E-state index in [9.17, 15) is 4.79 Å². The molecule has 0 aliphatic carbocycles. The van der Waals surface area contributed by atoms with Gasteiger partial charge in [-0.25, -0.2) is 9.67 Å². The van der Waals surface area contributed by atoms with Crippen LogP contribution >= 0.6 is 0 Å². The van der Waals surface area contributed by atoms with Crippen molar-refractivity contribution in [1.29, 1.82) is 0 Å². The van der Waals surface area contributed by atoms with Gasteiger partial charge in [-0.15, -0.1) is 0 Å². The first-order chi connectivity index (χ1) is 7.75. The molecule has 0 fully saturated rings. The number of carboxylic acids is 1. The van der Waals surface area contributed by atoms with E-state index in [1.165, 1.54) is 6.33 Å². The van der Waals surface area contributed by atoms with Crippen molar-refractivity contribution in [2.24, 2.45) is 0 Å². The summed E-state index contributed by atoms with van der Waals surface area (Å²) in [5.74, 6) is -0.786. The molecular formula is C11H11N3O2. The van der Waals surface area contributed by atoms with E-state index in [2.05, 4.69) is 10.1 Å². The molecule has 0 amide bonds. The lowest BCUT2D eigenvalue weighted by molar-refractivity contribution is -0.136. The predicted molar refractivity (Wildman–Crippen MR) is 57.3 cm³/mol. The number of carbonyl (C=O) groups is 1. The molecule has 0 radical (unpaired) electrons. The molecule has 2 rings (SSSR count). The Bertz CT molecular complexity index is 480. The van der Waals surface area contributed by atoms with E-state index in [1.54, 1.807) is 11.0 Å². The zero-order valence-electron chi connectivity index (χ0n) is 8.58. The molecule has 1 aromatic carbocycles. The maximum absolute atomic E-state index is 10.5. The van der Waals surface area contributed by atoms with Crippen LogP contribution in [0.5, 0.6) is 0 Å². The quantitative estimate of drug-likeness (QED) is 0.837. The number of nitrogens with zero attached hydrogens (tertiary/aromatic N) is 3. The minimum Gasteiger partial charge on any atom is -0.481 e. The topological polar surface area (TPSA) is 68.0 Å². The lowest BCUT2D eigenvalue weighted by Crippen LogP contribution is -1.99. The van der Waals surface area contributed by atoms with E-state index >= 15 is 0 Å². The molecule has 2 aromatic rings. The zero-order chi connectivity index (χ0) is 11.4. The third-order valence-electron chi connectivity index (χ3n) is 2.22. The van der Waals surface area contributed by atoms with E-state index in [4.69, 9.17) is 5.11 Å². The maximum Gasteiger partial charge on any atom is 0.303 e. The minimum atomic E-state index is -0.786. The highest BCUT2D eigenvalue weighted by atomic mass is 16.4. The van der Waals surface area contributed by atoms with E-state index in [-0.39, 0.29) is 6.42 Å². The molecule has 0 saturated heterocycles. The summed E-state index contributed by atoms with van der Waals surface area (Å²) in [5.41, 5.74) is 1.87. The van der Waals surface area contributed by atoms with Crippen molar-refractivity contribution in [3.63, 3.8) is 0 Å². The van der Waals surface area contributed by atoms with Crippen LogP contribution in [0.4, 0.5) is 0 Å². The van der Waals surface area contributed by atoms with Gasteiger partial charge in [-0.1, -0.05) is 12.1 Å². The number of aliphatic carboxylic acids is 1. The third kappa shape index (κ3) is 2.44. The number of aromatic nitrogens is 3. The van der Waals surface area contributed by atoms with Gasteiger partial charge in [-0.3, -0.25) is 4.79 Å². The molecule has 0 bridgehead atoms. The van der Waals surface area contributed by atoms with Gasteiger partial charge in [0.05, 0.1) is 5.69 Å². The molecule has 0 atom stereocenters. The zero-order valence-corrected chi connectivity index (χ0v) is 8.58. The van der Waals surface area contributed by atoms with Gasteiger partial charge in [-0.2, -0.15) is 5.10 Å². The molecule has 82 valence electrons. The smallest absolute Gasteiger partial charge is 0.303 e. The van der Waals surface area contributed by atoms with Gasteiger partial charge < -0.3 is 5.11 Å². The van der Waals surface area contributed by atoms with Crippen LogP contribution in [0.25, 0.3) is 5.69 Å². The SMILES string of the molecule is O=C(O)CCc1cccc(-n2cncn2)c1. The summed E-state index contributed by atoms with van der Waals surface area (Å²) >= 11 is 0.